The molecule has 0 heterocycles. The quantitative estimate of drug-likeness (QED) is 0.454. The third-order valence-electron chi connectivity index (χ3n) is 3.89. The molecule has 0 saturated heterocycles. The number of amides is 1. The number of esters is 1. The van der Waals surface area contributed by atoms with Crippen LogP contribution in [0.1, 0.15) is 29.8 Å². The van der Waals surface area contributed by atoms with Crippen LogP contribution in [0.2, 0.25) is 0 Å². The fourth-order valence-corrected chi connectivity index (χ4v) is 2.31. The molecular weight excluding hydrogens is 352 g/mol. The highest BCUT2D eigenvalue weighted by atomic mass is 16.6. The number of carbonyl (C=O) groups excluding carboxylic acids is 2. The summed E-state index contributed by atoms with van der Waals surface area (Å²) in [6, 6.07) is 11.0. The van der Waals surface area contributed by atoms with Crippen LogP contribution in [0.3, 0.4) is 0 Å². The van der Waals surface area contributed by atoms with E-state index in [9.17, 15) is 19.7 Å². The molecular formula is C19H20N2O6. The maximum Gasteiger partial charge on any atom is 0.339 e. The molecule has 0 aromatic heterocycles. The lowest BCUT2D eigenvalue weighted by Crippen LogP contribution is -2.30. The van der Waals surface area contributed by atoms with Gasteiger partial charge in [0.25, 0.3) is 5.91 Å². The lowest BCUT2D eigenvalue weighted by atomic mass is 10.1. The van der Waals surface area contributed by atoms with Gasteiger partial charge in [0, 0.05) is 11.8 Å². The lowest BCUT2D eigenvalue weighted by molar-refractivity contribution is -0.385. The first-order valence-electron chi connectivity index (χ1n) is 8.29. The molecule has 1 amide bonds. The SMILES string of the molecule is CCc1ccc(NC(=O)C(C)OC(=O)c2ccc(OC)c([N+](=O)[O-])c2)cc1. The van der Waals surface area contributed by atoms with Crippen LogP contribution < -0.4 is 10.1 Å². The van der Waals surface area contributed by atoms with Crippen LogP contribution in [-0.2, 0) is 16.0 Å². The molecule has 2 aromatic rings. The highest BCUT2D eigenvalue weighted by molar-refractivity contribution is 5.97. The van der Waals surface area contributed by atoms with Gasteiger partial charge >= 0.3 is 11.7 Å². The van der Waals surface area contributed by atoms with E-state index < -0.39 is 22.9 Å². The van der Waals surface area contributed by atoms with Crippen LogP contribution in [0.15, 0.2) is 42.5 Å². The highest BCUT2D eigenvalue weighted by Crippen LogP contribution is 2.27. The highest BCUT2D eigenvalue weighted by Gasteiger charge is 2.22. The average Bonchev–Trinajstić information content (AvgIpc) is 2.67. The van der Waals surface area contributed by atoms with Gasteiger partial charge in [-0.2, -0.15) is 0 Å². The van der Waals surface area contributed by atoms with Crippen molar-refractivity contribution in [3.8, 4) is 5.75 Å². The summed E-state index contributed by atoms with van der Waals surface area (Å²) in [5, 5.41) is 13.7. The first-order valence-corrected chi connectivity index (χ1v) is 8.29. The molecule has 8 nitrogen and oxygen atoms in total. The minimum atomic E-state index is -1.08. The number of ether oxygens (including phenoxy) is 2. The van der Waals surface area contributed by atoms with Gasteiger partial charge in [0.15, 0.2) is 11.9 Å². The Labute approximate surface area is 156 Å². The number of aryl methyl sites for hydroxylation is 1. The number of rotatable bonds is 7. The second-order valence-electron chi connectivity index (χ2n) is 5.73. The van der Waals surface area contributed by atoms with E-state index in [2.05, 4.69) is 5.32 Å². The van der Waals surface area contributed by atoms with Crippen molar-refractivity contribution in [2.75, 3.05) is 12.4 Å². The summed E-state index contributed by atoms with van der Waals surface area (Å²) in [6.45, 7) is 3.45. The molecule has 2 rings (SSSR count). The number of nitro benzene ring substituents is 1. The number of methoxy groups -OCH3 is 1. The Morgan fingerprint density at radius 2 is 1.85 bits per heavy atom. The summed E-state index contributed by atoms with van der Waals surface area (Å²) in [6.07, 6.45) is -0.194. The Bertz CT molecular complexity index is 848. The fraction of sp³-hybridized carbons (Fsp3) is 0.263. The van der Waals surface area contributed by atoms with E-state index >= 15 is 0 Å². The van der Waals surface area contributed by atoms with Gasteiger partial charge in [-0.05, 0) is 43.2 Å². The van der Waals surface area contributed by atoms with Crippen molar-refractivity contribution in [3.63, 3.8) is 0 Å². The Hall–Kier alpha value is -3.42. The molecule has 1 unspecified atom stereocenters. The van der Waals surface area contributed by atoms with Crippen LogP contribution >= 0.6 is 0 Å². The molecule has 1 atom stereocenters. The molecule has 0 spiro atoms. The Kier molecular flexibility index (Phi) is 6.48. The maximum atomic E-state index is 12.2. The minimum absolute atomic E-state index is 0.0258. The van der Waals surface area contributed by atoms with E-state index in [1.165, 1.54) is 26.2 Å². The first-order chi connectivity index (χ1) is 12.8. The molecule has 1 N–H and O–H groups in total. The summed E-state index contributed by atoms with van der Waals surface area (Å²) >= 11 is 0. The molecule has 27 heavy (non-hydrogen) atoms. The van der Waals surface area contributed by atoms with E-state index in [1.54, 1.807) is 12.1 Å². The molecule has 0 fully saturated rings. The van der Waals surface area contributed by atoms with Gasteiger partial charge in [-0.25, -0.2) is 4.79 Å². The van der Waals surface area contributed by atoms with Crippen LogP contribution in [-0.4, -0.2) is 30.0 Å². The predicted octanol–water partition coefficient (Wildman–Crippen LogP) is 3.35. The zero-order chi connectivity index (χ0) is 20.0. The van der Waals surface area contributed by atoms with E-state index in [1.807, 2.05) is 19.1 Å². The summed E-state index contributed by atoms with van der Waals surface area (Å²) in [7, 11) is 1.29. The van der Waals surface area contributed by atoms with Gasteiger partial charge in [-0.15, -0.1) is 0 Å². The van der Waals surface area contributed by atoms with Gasteiger partial charge in [0.1, 0.15) is 0 Å². The van der Waals surface area contributed by atoms with Crippen molar-refractivity contribution in [3.05, 3.63) is 63.7 Å². The third-order valence-corrected chi connectivity index (χ3v) is 3.89. The molecule has 2 aromatic carbocycles. The minimum Gasteiger partial charge on any atom is -0.490 e. The smallest absolute Gasteiger partial charge is 0.339 e. The average molecular weight is 372 g/mol. The monoisotopic (exact) mass is 372 g/mol. The van der Waals surface area contributed by atoms with Gasteiger partial charge in [0.05, 0.1) is 17.6 Å². The second kappa shape index (κ2) is 8.79. The van der Waals surface area contributed by atoms with Gasteiger partial charge in [-0.1, -0.05) is 19.1 Å². The van der Waals surface area contributed by atoms with E-state index in [0.717, 1.165) is 18.1 Å². The lowest BCUT2D eigenvalue weighted by Gasteiger charge is -2.14. The molecule has 0 bridgehead atoms. The number of anilines is 1. The van der Waals surface area contributed by atoms with Gasteiger partial charge in [-0.3, -0.25) is 14.9 Å². The van der Waals surface area contributed by atoms with Crippen molar-refractivity contribution >= 4 is 23.3 Å². The predicted molar refractivity (Wildman–Crippen MR) is 99.0 cm³/mol. The van der Waals surface area contributed by atoms with Crippen molar-refractivity contribution in [1.82, 2.24) is 0 Å². The normalized spacial score (nSPS) is 11.4. The summed E-state index contributed by atoms with van der Waals surface area (Å²) < 4.78 is 9.99. The molecule has 0 aliphatic rings. The third kappa shape index (κ3) is 5.04. The van der Waals surface area contributed by atoms with Crippen molar-refractivity contribution in [1.29, 1.82) is 0 Å². The Morgan fingerprint density at radius 1 is 1.19 bits per heavy atom. The number of nitro groups is 1. The molecule has 8 heteroatoms. The molecule has 0 aliphatic heterocycles. The summed E-state index contributed by atoms with van der Waals surface area (Å²) in [4.78, 5) is 34.8. The number of carbonyl (C=O) groups is 2. The molecule has 0 aliphatic carbocycles. The Balaban J connectivity index is 2.04. The topological polar surface area (TPSA) is 108 Å². The van der Waals surface area contributed by atoms with Gasteiger partial charge < -0.3 is 14.8 Å². The molecule has 142 valence electrons. The van der Waals surface area contributed by atoms with Crippen LogP contribution in [0.25, 0.3) is 0 Å². The van der Waals surface area contributed by atoms with E-state index in [-0.39, 0.29) is 17.0 Å². The van der Waals surface area contributed by atoms with E-state index in [0.29, 0.717) is 5.69 Å². The largest absolute Gasteiger partial charge is 0.490 e. The number of benzene rings is 2. The van der Waals surface area contributed by atoms with Crippen molar-refractivity contribution in [2.45, 2.75) is 26.4 Å². The van der Waals surface area contributed by atoms with Crippen LogP contribution in [0, 0.1) is 10.1 Å². The van der Waals surface area contributed by atoms with Gasteiger partial charge in [0.2, 0.25) is 0 Å². The van der Waals surface area contributed by atoms with Crippen LogP contribution in [0.4, 0.5) is 11.4 Å². The zero-order valence-corrected chi connectivity index (χ0v) is 15.2. The number of nitrogens with one attached hydrogen (secondary N) is 1. The number of hydrogen-bond donors (Lipinski definition) is 1. The van der Waals surface area contributed by atoms with Crippen molar-refractivity contribution < 1.29 is 24.0 Å². The van der Waals surface area contributed by atoms with E-state index in [4.69, 9.17) is 9.47 Å². The summed E-state index contributed by atoms with van der Waals surface area (Å²) in [5.74, 6) is -1.32. The number of nitrogens with zero attached hydrogens (tertiary/aromatic N) is 1. The van der Waals surface area contributed by atoms with Crippen molar-refractivity contribution in [2.24, 2.45) is 0 Å². The first kappa shape index (κ1) is 19.9. The molecule has 0 saturated carbocycles. The Morgan fingerprint density at radius 3 is 2.41 bits per heavy atom. The second-order valence-corrected chi connectivity index (χ2v) is 5.73. The maximum absolute atomic E-state index is 12.2. The standard InChI is InChI=1S/C19H20N2O6/c1-4-13-5-8-15(9-6-13)20-18(22)12(2)27-19(23)14-7-10-17(26-3)16(11-14)21(24)25/h5-12H,4H2,1-3H3,(H,20,22). The summed E-state index contributed by atoms with van der Waals surface area (Å²) in [5.41, 5.74) is 1.31. The fourth-order valence-electron chi connectivity index (χ4n) is 2.31. The molecule has 0 radical (unpaired) electrons. The number of hydrogen-bond acceptors (Lipinski definition) is 6. The van der Waals surface area contributed by atoms with Crippen LogP contribution in [0.5, 0.6) is 5.75 Å². The zero-order valence-electron chi connectivity index (χ0n) is 15.2.